The smallest absolute Gasteiger partial charge is 0.283 e. The molecule has 0 saturated heterocycles. The van der Waals surface area contributed by atoms with Gasteiger partial charge in [0.15, 0.2) is 5.17 Å². The third-order valence-corrected chi connectivity index (χ3v) is 6.20. The molecule has 34 heavy (non-hydrogen) atoms. The number of hydrogen-bond donors (Lipinski definition) is 1. The van der Waals surface area contributed by atoms with Crippen LogP contribution in [0.25, 0.3) is 6.08 Å². The Morgan fingerprint density at radius 2 is 1.68 bits per heavy atom. The maximum absolute atomic E-state index is 13.5. The van der Waals surface area contributed by atoms with Crippen molar-refractivity contribution < 1.29 is 14.0 Å². The maximum Gasteiger partial charge on any atom is 0.283 e. The van der Waals surface area contributed by atoms with E-state index in [1.165, 1.54) is 28.8 Å². The largest absolute Gasteiger partial charge is 0.350 e. The van der Waals surface area contributed by atoms with Crippen molar-refractivity contribution in [2.75, 3.05) is 10.7 Å². The van der Waals surface area contributed by atoms with Crippen LogP contribution in [0.2, 0.25) is 0 Å². The summed E-state index contributed by atoms with van der Waals surface area (Å²) in [7, 11) is 0. The third-order valence-electron chi connectivity index (χ3n) is 5.25. The first kappa shape index (κ1) is 23.4. The van der Waals surface area contributed by atoms with Gasteiger partial charge in [-0.25, -0.2) is 9.38 Å². The highest BCUT2D eigenvalue weighted by Crippen LogP contribution is 2.30. The summed E-state index contributed by atoms with van der Waals surface area (Å²) >= 11 is 1.32. The first-order valence-corrected chi connectivity index (χ1v) is 11.9. The van der Waals surface area contributed by atoms with Crippen LogP contribution in [0, 0.1) is 5.82 Å². The second-order valence-electron chi connectivity index (χ2n) is 7.75. The Kier molecular flexibility index (Phi) is 7.54. The third kappa shape index (κ3) is 5.80. The zero-order chi connectivity index (χ0) is 23.9. The van der Waals surface area contributed by atoms with Gasteiger partial charge < -0.3 is 5.32 Å². The molecule has 0 bridgehead atoms. The van der Waals surface area contributed by atoms with Crippen molar-refractivity contribution in [3.8, 4) is 0 Å². The fourth-order valence-electron chi connectivity index (χ4n) is 3.49. The molecule has 2 amide bonds. The topological polar surface area (TPSA) is 61.8 Å². The molecule has 0 spiro atoms. The van der Waals surface area contributed by atoms with Crippen LogP contribution in [0.1, 0.15) is 30.5 Å². The van der Waals surface area contributed by atoms with E-state index in [4.69, 9.17) is 0 Å². The lowest BCUT2D eigenvalue weighted by atomic mass is 10.1. The molecule has 3 aromatic carbocycles. The first-order chi connectivity index (χ1) is 16.5. The Labute approximate surface area is 202 Å². The molecular weight excluding hydrogens is 449 g/mol. The van der Waals surface area contributed by atoms with Crippen LogP contribution in [0.3, 0.4) is 0 Å². The summed E-state index contributed by atoms with van der Waals surface area (Å²) in [6.07, 6.45) is 1.99. The molecule has 7 heteroatoms. The van der Waals surface area contributed by atoms with Crippen molar-refractivity contribution in [2.24, 2.45) is 4.99 Å². The van der Waals surface area contributed by atoms with Gasteiger partial charge >= 0.3 is 0 Å². The number of carbonyl (C=O) groups excluding carboxylic acids is 2. The van der Waals surface area contributed by atoms with E-state index >= 15 is 0 Å². The van der Waals surface area contributed by atoms with Crippen LogP contribution < -0.4 is 10.2 Å². The SMILES string of the molecule is CC(NC(=O)CCSC1=NC(=Cc2ccccc2)C(=O)N1c1ccc(F)cc1)c1ccccc1. The van der Waals surface area contributed by atoms with Gasteiger partial charge in [0, 0.05) is 12.2 Å². The van der Waals surface area contributed by atoms with Gasteiger partial charge in [0.2, 0.25) is 5.91 Å². The van der Waals surface area contributed by atoms with Crippen LogP contribution in [-0.4, -0.2) is 22.7 Å². The average Bonchev–Trinajstić information content (AvgIpc) is 3.15. The minimum atomic E-state index is -0.384. The highest BCUT2D eigenvalue weighted by atomic mass is 32.2. The number of anilines is 1. The van der Waals surface area contributed by atoms with E-state index in [0.29, 0.717) is 22.3 Å². The van der Waals surface area contributed by atoms with Gasteiger partial charge in [-0.2, -0.15) is 0 Å². The minimum absolute atomic E-state index is 0.0813. The van der Waals surface area contributed by atoms with E-state index in [-0.39, 0.29) is 30.1 Å². The predicted octanol–water partition coefficient (Wildman–Crippen LogP) is 5.57. The fourth-order valence-corrected chi connectivity index (χ4v) is 4.44. The number of aliphatic imine (C=N–C) groups is 1. The summed E-state index contributed by atoms with van der Waals surface area (Å²) in [6.45, 7) is 1.94. The number of nitrogens with zero attached hydrogens (tertiary/aromatic N) is 2. The zero-order valence-electron chi connectivity index (χ0n) is 18.6. The van der Waals surface area contributed by atoms with Crippen molar-refractivity contribution in [3.63, 3.8) is 0 Å². The predicted molar refractivity (Wildman–Crippen MR) is 136 cm³/mol. The Morgan fingerprint density at radius 1 is 1.03 bits per heavy atom. The molecular formula is C27H24FN3O2S. The molecule has 0 radical (unpaired) electrons. The van der Waals surface area contributed by atoms with Gasteiger partial charge in [-0.1, -0.05) is 72.4 Å². The van der Waals surface area contributed by atoms with Crippen LogP contribution in [0.4, 0.5) is 10.1 Å². The Hall–Kier alpha value is -3.71. The van der Waals surface area contributed by atoms with Crippen molar-refractivity contribution in [3.05, 3.63) is 108 Å². The molecule has 1 unspecified atom stereocenters. The van der Waals surface area contributed by atoms with Gasteiger partial charge in [-0.3, -0.25) is 14.5 Å². The first-order valence-electron chi connectivity index (χ1n) is 10.9. The summed E-state index contributed by atoms with van der Waals surface area (Å²) in [5.74, 6) is -0.316. The molecule has 0 aromatic heterocycles. The Morgan fingerprint density at radius 3 is 2.35 bits per heavy atom. The molecule has 0 fully saturated rings. The maximum atomic E-state index is 13.5. The molecule has 1 aliphatic rings. The summed E-state index contributed by atoms with van der Waals surface area (Å²) < 4.78 is 13.5. The standard InChI is InChI=1S/C27H24FN3O2S/c1-19(21-10-6-3-7-11-21)29-25(32)16-17-34-27-30-24(18-20-8-4-2-5-9-20)26(33)31(27)23-14-12-22(28)13-15-23/h2-15,18-19H,16-17H2,1H3,(H,29,32). The summed E-state index contributed by atoms with van der Waals surface area (Å²) in [6, 6.07) is 24.8. The highest BCUT2D eigenvalue weighted by Gasteiger charge is 2.32. The normalized spacial score (nSPS) is 15.4. The lowest BCUT2D eigenvalue weighted by Crippen LogP contribution is -2.31. The number of carbonyl (C=O) groups is 2. The monoisotopic (exact) mass is 473 g/mol. The van der Waals surface area contributed by atoms with Gasteiger partial charge in [-0.05, 0) is 48.4 Å². The average molecular weight is 474 g/mol. The van der Waals surface area contributed by atoms with Crippen LogP contribution in [0.15, 0.2) is 95.6 Å². The van der Waals surface area contributed by atoms with Gasteiger partial charge in [0.1, 0.15) is 11.5 Å². The van der Waals surface area contributed by atoms with E-state index in [0.717, 1.165) is 11.1 Å². The minimum Gasteiger partial charge on any atom is -0.350 e. The quantitative estimate of drug-likeness (QED) is 0.457. The van der Waals surface area contributed by atoms with Crippen molar-refractivity contribution in [1.29, 1.82) is 0 Å². The molecule has 0 aliphatic carbocycles. The second-order valence-corrected chi connectivity index (χ2v) is 8.81. The Bertz CT molecular complexity index is 1210. The van der Waals surface area contributed by atoms with Crippen LogP contribution >= 0.6 is 11.8 Å². The molecule has 1 heterocycles. The van der Waals surface area contributed by atoms with Crippen LogP contribution in [0.5, 0.6) is 0 Å². The molecule has 172 valence electrons. The van der Waals surface area contributed by atoms with E-state index in [2.05, 4.69) is 10.3 Å². The van der Waals surface area contributed by atoms with Gasteiger partial charge in [0.05, 0.1) is 11.7 Å². The highest BCUT2D eigenvalue weighted by molar-refractivity contribution is 8.14. The van der Waals surface area contributed by atoms with Crippen molar-refractivity contribution in [2.45, 2.75) is 19.4 Å². The molecule has 1 aliphatic heterocycles. The molecule has 4 rings (SSSR count). The van der Waals surface area contributed by atoms with Crippen molar-refractivity contribution >= 4 is 40.5 Å². The lowest BCUT2D eigenvalue weighted by molar-refractivity contribution is -0.121. The zero-order valence-corrected chi connectivity index (χ0v) is 19.5. The second kappa shape index (κ2) is 10.9. The molecule has 1 N–H and O–H groups in total. The fraction of sp³-hybridized carbons (Fsp3) is 0.148. The number of benzene rings is 3. The van der Waals surface area contributed by atoms with E-state index in [9.17, 15) is 14.0 Å². The summed E-state index contributed by atoms with van der Waals surface area (Å²) in [5.41, 5.74) is 2.71. The number of nitrogens with one attached hydrogen (secondary N) is 1. The van der Waals surface area contributed by atoms with E-state index in [1.54, 1.807) is 18.2 Å². The molecule has 1 atom stereocenters. The van der Waals surface area contributed by atoms with E-state index < -0.39 is 0 Å². The van der Waals surface area contributed by atoms with Crippen molar-refractivity contribution in [1.82, 2.24) is 5.32 Å². The molecule has 5 nitrogen and oxygen atoms in total. The summed E-state index contributed by atoms with van der Waals surface area (Å²) in [4.78, 5) is 31.6. The van der Waals surface area contributed by atoms with Crippen LogP contribution in [-0.2, 0) is 9.59 Å². The molecule has 0 saturated carbocycles. The molecule has 3 aromatic rings. The number of hydrogen-bond acceptors (Lipinski definition) is 4. The Balaban J connectivity index is 1.46. The number of rotatable bonds is 7. The van der Waals surface area contributed by atoms with E-state index in [1.807, 2.05) is 67.6 Å². The number of halogens is 1. The van der Waals surface area contributed by atoms with Gasteiger partial charge in [0.25, 0.3) is 5.91 Å². The summed E-state index contributed by atoms with van der Waals surface area (Å²) in [5, 5.41) is 3.46. The van der Waals surface area contributed by atoms with Gasteiger partial charge in [-0.15, -0.1) is 0 Å². The lowest BCUT2D eigenvalue weighted by Gasteiger charge is -2.18. The number of thioether (sulfide) groups is 1. The number of amidine groups is 1. The number of amides is 2.